The van der Waals surface area contributed by atoms with Gasteiger partial charge in [0.2, 0.25) is 5.91 Å². The highest BCUT2D eigenvalue weighted by atomic mass is 19.3. The molecule has 1 rings (SSSR count). The van der Waals surface area contributed by atoms with Gasteiger partial charge in [-0.15, -0.1) is 0 Å². The quantitative estimate of drug-likeness (QED) is 0.840. The molecule has 2 N–H and O–H groups in total. The molecule has 0 spiro atoms. The van der Waals surface area contributed by atoms with E-state index in [1.165, 1.54) is 0 Å². The molecule has 0 saturated carbocycles. The second-order valence-electron chi connectivity index (χ2n) is 4.19. The Balaban J connectivity index is 2.66. The zero-order valence-corrected chi connectivity index (χ0v) is 10.4. The molecule has 100 valence electrons. The van der Waals surface area contributed by atoms with Gasteiger partial charge >= 0.3 is 0 Å². The van der Waals surface area contributed by atoms with Gasteiger partial charge in [-0.2, -0.15) is 0 Å². The highest BCUT2D eigenvalue weighted by Gasteiger charge is 2.17. The van der Waals surface area contributed by atoms with Gasteiger partial charge in [0.05, 0.1) is 13.0 Å². The number of hydrogen-bond acceptors (Lipinski definition) is 2. The summed E-state index contributed by atoms with van der Waals surface area (Å²) in [5.41, 5.74) is 7.19. The molecule has 1 amide bonds. The van der Waals surface area contributed by atoms with E-state index < -0.39 is 13.0 Å². The lowest BCUT2D eigenvalue weighted by Gasteiger charge is -2.21. The van der Waals surface area contributed by atoms with Crippen LogP contribution in [0.1, 0.15) is 11.1 Å². The minimum absolute atomic E-state index is 0.133. The minimum Gasteiger partial charge on any atom is -0.335 e. The molecule has 0 bridgehead atoms. The summed E-state index contributed by atoms with van der Waals surface area (Å²) < 4.78 is 24.7. The van der Waals surface area contributed by atoms with E-state index in [1.807, 2.05) is 31.2 Å². The molecule has 0 aliphatic heterocycles. The summed E-state index contributed by atoms with van der Waals surface area (Å²) in [6.45, 7) is 1.72. The summed E-state index contributed by atoms with van der Waals surface area (Å²) in [5.74, 6) is -0.314. The van der Waals surface area contributed by atoms with Crippen LogP contribution in [-0.4, -0.2) is 36.9 Å². The average molecular weight is 256 g/mol. The minimum atomic E-state index is -2.53. The number of alkyl halides is 2. The third-order valence-corrected chi connectivity index (χ3v) is 2.55. The molecule has 0 heterocycles. The van der Waals surface area contributed by atoms with Crippen LogP contribution in [0.4, 0.5) is 8.78 Å². The summed E-state index contributed by atoms with van der Waals surface area (Å²) in [7, 11) is 0. The van der Waals surface area contributed by atoms with Crippen LogP contribution in [0.5, 0.6) is 0 Å². The predicted octanol–water partition coefficient (Wildman–Crippen LogP) is 1.59. The summed E-state index contributed by atoms with van der Waals surface area (Å²) in [5, 5.41) is 0. The molecule has 0 radical (unpaired) electrons. The van der Waals surface area contributed by atoms with Crippen LogP contribution in [0.15, 0.2) is 24.3 Å². The van der Waals surface area contributed by atoms with E-state index in [2.05, 4.69) is 0 Å². The maximum Gasteiger partial charge on any atom is 0.255 e. The fourth-order valence-corrected chi connectivity index (χ4v) is 1.75. The predicted molar refractivity (Wildman–Crippen MR) is 66.5 cm³/mol. The zero-order valence-electron chi connectivity index (χ0n) is 10.4. The number of amides is 1. The molecule has 1 aromatic carbocycles. The van der Waals surface area contributed by atoms with E-state index in [-0.39, 0.29) is 25.4 Å². The van der Waals surface area contributed by atoms with Crippen LogP contribution < -0.4 is 5.73 Å². The number of benzene rings is 1. The SMILES string of the molecule is Cc1cccc(CC(=O)N(CCN)CC(F)F)c1. The topological polar surface area (TPSA) is 46.3 Å². The molecule has 0 aliphatic carbocycles. The molecule has 0 aromatic heterocycles. The monoisotopic (exact) mass is 256 g/mol. The Hall–Kier alpha value is -1.49. The number of aryl methyl sites for hydroxylation is 1. The number of nitrogens with two attached hydrogens (primary N) is 1. The maximum atomic E-state index is 12.3. The van der Waals surface area contributed by atoms with Crippen molar-refractivity contribution >= 4 is 5.91 Å². The molecule has 3 nitrogen and oxygen atoms in total. The molecule has 0 unspecified atom stereocenters. The number of hydrogen-bond donors (Lipinski definition) is 1. The zero-order chi connectivity index (χ0) is 13.5. The first-order valence-electron chi connectivity index (χ1n) is 5.84. The lowest BCUT2D eigenvalue weighted by atomic mass is 10.1. The highest BCUT2D eigenvalue weighted by molar-refractivity contribution is 5.78. The third kappa shape index (κ3) is 4.79. The number of halogens is 2. The van der Waals surface area contributed by atoms with Gasteiger partial charge in [0, 0.05) is 13.1 Å². The Labute approximate surface area is 106 Å². The normalized spacial score (nSPS) is 10.7. The lowest BCUT2D eigenvalue weighted by molar-refractivity contribution is -0.132. The fourth-order valence-electron chi connectivity index (χ4n) is 1.75. The molecule has 1 aromatic rings. The van der Waals surface area contributed by atoms with Crippen molar-refractivity contribution in [3.63, 3.8) is 0 Å². The van der Waals surface area contributed by atoms with Gasteiger partial charge in [-0.25, -0.2) is 8.78 Å². The fraction of sp³-hybridized carbons (Fsp3) is 0.462. The molecular formula is C13H18F2N2O. The Kier molecular flexibility index (Phi) is 5.71. The second-order valence-corrected chi connectivity index (χ2v) is 4.19. The van der Waals surface area contributed by atoms with Crippen molar-refractivity contribution in [1.82, 2.24) is 4.90 Å². The first kappa shape index (κ1) is 14.6. The highest BCUT2D eigenvalue weighted by Crippen LogP contribution is 2.07. The standard InChI is InChI=1S/C13H18F2N2O/c1-10-3-2-4-11(7-10)8-13(18)17(6-5-16)9-12(14)15/h2-4,7,12H,5-6,8-9,16H2,1H3. The maximum absolute atomic E-state index is 12.3. The van der Waals surface area contributed by atoms with Crippen LogP contribution in [0.25, 0.3) is 0 Å². The first-order valence-corrected chi connectivity index (χ1v) is 5.84. The van der Waals surface area contributed by atoms with Crippen LogP contribution in [-0.2, 0) is 11.2 Å². The number of carbonyl (C=O) groups is 1. The molecular weight excluding hydrogens is 238 g/mol. The largest absolute Gasteiger partial charge is 0.335 e. The van der Waals surface area contributed by atoms with Crippen LogP contribution >= 0.6 is 0 Å². The van der Waals surface area contributed by atoms with Crippen molar-refractivity contribution in [3.05, 3.63) is 35.4 Å². The van der Waals surface area contributed by atoms with Gasteiger partial charge in [0.25, 0.3) is 6.43 Å². The Bertz CT molecular complexity index is 396. The van der Waals surface area contributed by atoms with Crippen molar-refractivity contribution in [1.29, 1.82) is 0 Å². The summed E-state index contributed by atoms with van der Waals surface area (Å²) >= 11 is 0. The average Bonchev–Trinajstić information content (AvgIpc) is 2.27. The van der Waals surface area contributed by atoms with Gasteiger partial charge in [-0.1, -0.05) is 29.8 Å². The van der Waals surface area contributed by atoms with Crippen molar-refractivity contribution in [2.75, 3.05) is 19.6 Å². The van der Waals surface area contributed by atoms with Crippen molar-refractivity contribution in [2.45, 2.75) is 19.8 Å². The Morgan fingerprint density at radius 1 is 1.44 bits per heavy atom. The van der Waals surface area contributed by atoms with Crippen molar-refractivity contribution in [3.8, 4) is 0 Å². The van der Waals surface area contributed by atoms with E-state index in [0.29, 0.717) is 0 Å². The second kappa shape index (κ2) is 7.06. The smallest absolute Gasteiger partial charge is 0.255 e. The molecule has 0 atom stereocenters. The van der Waals surface area contributed by atoms with E-state index >= 15 is 0 Å². The molecule has 0 fully saturated rings. The Morgan fingerprint density at radius 2 is 2.17 bits per heavy atom. The van der Waals surface area contributed by atoms with Crippen LogP contribution in [0, 0.1) is 6.92 Å². The van der Waals surface area contributed by atoms with Crippen molar-refractivity contribution < 1.29 is 13.6 Å². The van der Waals surface area contributed by atoms with Gasteiger partial charge in [0.1, 0.15) is 0 Å². The molecule has 0 aliphatic rings. The molecule has 0 saturated heterocycles. The number of carbonyl (C=O) groups excluding carboxylic acids is 1. The van der Waals surface area contributed by atoms with Gasteiger partial charge in [-0.3, -0.25) is 4.79 Å². The van der Waals surface area contributed by atoms with E-state index in [1.54, 1.807) is 0 Å². The number of nitrogens with zero attached hydrogens (tertiary/aromatic N) is 1. The van der Waals surface area contributed by atoms with E-state index in [0.717, 1.165) is 16.0 Å². The summed E-state index contributed by atoms with van der Waals surface area (Å²) in [4.78, 5) is 13.0. The van der Waals surface area contributed by atoms with E-state index in [4.69, 9.17) is 5.73 Å². The third-order valence-electron chi connectivity index (χ3n) is 2.55. The van der Waals surface area contributed by atoms with E-state index in [9.17, 15) is 13.6 Å². The summed E-state index contributed by atoms with van der Waals surface area (Å²) in [6.07, 6.45) is -2.40. The van der Waals surface area contributed by atoms with Gasteiger partial charge in [0.15, 0.2) is 0 Å². The van der Waals surface area contributed by atoms with Crippen molar-refractivity contribution in [2.24, 2.45) is 5.73 Å². The lowest BCUT2D eigenvalue weighted by Crippen LogP contribution is -2.39. The Morgan fingerprint density at radius 3 is 2.72 bits per heavy atom. The number of rotatable bonds is 6. The van der Waals surface area contributed by atoms with Gasteiger partial charge in [-0.05, 0) is 12.5 Å². The molecule has 18 heavy (non-hydrogen) atoms. The summed E-state index contributed by atoms with van der Waals surface area (Å²) in [6, 6.07) is 7.46. The van der Waals surface area contributed by atoms with Crippen LogP contribution in [0.3, 0.4) is 0 Å². The van der Waals surface area contributed by atoms with Gasteiger partial charge < -0.3 is 10.6 Å². The van der Waals surface area contributed by atoms with Crippen LogP contribution in [0.2, 0.25) is 0 Å². The first-order chi connectivity index (χ1) is 8.52. The molecule has 5 heteroatoms.